The van der Waals surface area contributed by atoms with Gasteiger partial charge in [0.25, 0.3) is 0 Å². The van der Waals surface area contributed by atoms with Crippen LogP contribution in [0.3, 0.4) is 0 Å². The number of cyclic esters (lactones) is 1. The molecular weight excluding hydrogens is 112 g/mol. The zero-order valence-electron chi connectivity index (χ0n) is 4.42. The molecule has 0 aromatic heterocycles. The molecule has 8 heavy (non-hydrogen) atoms. The molecule has 1 aliphatic heterocycles. The van der Waals surface area contributed by atoms with Crippen LogP contribution < -0.4 is 0 Å². The average Bonchev–Trinajstić information content (AvgIpc) is 1.64. The molecule has 1 unspecified atom stereocenters. The van der Waals surface area contributed by atoms with Crippen LogP contribution in [-0.2, 0) is 14.5 Å². The fourth-order valence-corrected chi connectivity index (χ4v) is 0.396. The predicted molar refractivity (Wildman–Crippen MR) is 23.0 cm³/mol. The number of carbonyl (C=O) groups excluding carboxylic acids is 1. The van der Waals surface area contributed by atoms with Gasteiger partial charge in [0.15, 0.2) is 0 Å². The molecule has 0 saturated carbocycles. The van der Waals surface area contributed by atoms with Gasteiger partial charge in [-0.2, -0.15) is 4.89 Å². The second-order valence-corrected chi connectivity index (χ2v) is 1.55. The smallest absolute Gasteiger partial charge is 0.427 e. The van der Waals surface area contributed by atoms with Crippen molar-refractivity contribution in [1.29, 1.82) is 0 Å². The third-order valence-electron chi connectivity index (χ3n) is 0.727. The van der Waals surface area contributed by atoms with Crippen LogP contribution >= 0.6 is 0 Å². The molecule has 1 saturated heterocycles. The van der Waals surface area contributed by atoms with E-state index in [-0.39, 0.29) is 6.10 Å². The van der Waals surface area contributed by atoms with Gasteiger partial charge in [0.05, 0.1) is 0 Å². The summed E-state index contributed by atoms with van der Waals surface area (Å²) in [5.41, 5.74) is 0. The molecule has 1 heterocycles. The molecule has 0 radical (unpaired) electrons. The van der Waals surface area contributed by atoms with Crippen LogP contribution in [0.4, 0.5) is 4.79 Å². The zero-order valence-corrected chi connectivity index (χ0v) is 4.42. The van der Waals surface area contributed by atoms with Crippen molar-refractivity contribution in [3.8, 4) is 0 Å². The maximum atomic E-state index is 10.1. The molecule has 4 nitrogen and oxygen atoms in total. The Morgan fingerprint density at radius 2 is 2.50 bits per heavy atom. The summed E-state index contributed by atoms with van der Waals surface area (Å²) in [7, 11) is 0. The van der Waals surface area contributed by atoms with E-state index in [1.165, 1.54) is 0 Å². The molecule has 0 bridgehead atoms. The summed E-state index contributed by atoms with van der Waals surface area (Å²) in [4.78, 5) is 18.4. The Morgan fingerprint density at radius 3 is 2.88 bits per heavy atom. The number of hydrogen-bond donors (Lipinski definition) is 0. The van der Waals surface area contributed by atoms with Crippen molar-refractivity contribution in [2.75, 3.05) is 6.61 Å². The molecule has 0 spiro atoms. The van der Waals surface area contributed by atoms with Gasteiger partial charge >= 0.3 is 6.16 Å². The molecular formula is C4H6O4. The van der Waals surface area contributed by atoms with E-state index in [4.69, 9.17) is 0 Å². The Kier molecular flexibility index (Phi) is 1.34. The first kappa shape index (κ1) is 5.37. The lowest BCUT2D eigenvalue weighted by molar-refractivity contribution is -0.298. The van der Waals surface area contributed by atoms with Crippen molar-refractivity contribution in [2.45, 2.75) is 13.0 Å². The minimum absolute atomic E-state index is 0.184. The summed E-state index contributed by atoms with van der Waals surface area (Å²) >= 11 is 0. The minimum atomic E-state index is -0.760. The second kappa shape index (κ2) is 2.00. The number of ether oxygens (including phenoxy) is 1. The van der Waals surface area contributed by atoms with Gasteiger partial charge in [-0.1, -0.05) is 0 Å². The van der Waals surface area contributed by atoms with Crippen LogP contribution in [0.25, 0.3) is 0 Å². The van der Waals surface area contributed by atoms with Crippen molar-refractivity contribution in [1.82, 2.24) is 0 Å². The Morgan fingerprint density at radius 1 is 1.75 bits per heavy atom. The highest BCUT2D eigenvalue weighted by atomic mass is 17.2. The summed E-state index contributed by atoms with van der Waals surface area (Å²) in [5, 5.41) is 0. The van der Waals surface area contributed by atoms with Crippen LogP contribution in [0.1, 0.15) is 6.92 Å². The molecule has 4 heteroatoms. The van der Waals surface area contributed by atoms with E-state index >= 15 is 0 Å². The first-order chi connectivity index (χ1) is 3.79. The first-order valence-corrected chi connectivity index (χ1v) is 2.29. The third kappa shape index (κ3) is 1.10. The van der Waals surface area contributed by atoms with Gasteiger partial charge in [0, 0.05) is 0 Å². The number of hydrogen-bond acceptors (Lipinski definition) is 4. The van der Waals surface area contributed by atoms with Crippen molar-refractivity contribution < 1.29 is 19.3 Å². The molecule has 1 rings (SSSR count). The molecule has 1 atom stereocenters. The van der Waals surface area contributed by atoms with E-state index in [2.05, 4.69) is 14.5 Å². The van der Waals surface area contributed by atoms with Gasteiger partial charge in [0.2, 0.25) is 0 Å². The topological polar surface area (TPSA) is 44.8 Å². The molecule has 0 aromatic carbocycles. The van der Waals surface area contributed by atoms with Gasteiger partial charge in [-0.05, 0) is 6.92 Å². The quantitative estimate of drug-likeness (QED) is 0.342. The fourth-order valence-electron chi connectivity index (χ4n) is 0.396. The van der Waals surface area contributed by atoms with Crippen LogP contribution in [0.5, 0.6) is 0 Å². The summed E-state index contributed by atoms with van der Waals surface area (Å²) in [6.45, 7) is 2.03. The van der Waals surface area contributed by atoms with Gasteiger partial charge in [0.1, 0.15) is 12.7 Å². The Balaban J connectivity index is 2.34. The van der Waals surface area contributed by atoms with E-state index in [1.807, 2.05) is 0 Å². The molecule has 0 aromatic rings. The van der Waals surface area contributed by atoms with Crippen molar-refractivity contribution >= 4 is 6.16 Å². The second-order valence-electron chi connectivity index (χ2n) is 1.55. The summed E-state index contributed by atoms with van der Waals surface area (Å²) in [5.74, 6) is 0. The minimum Gasteiger partial charge on any atom is -0.427 e. The predicted octanol–water partition coefficient (Wildman–Crippen LogP) is 0.473. The van der Waals surface area contributed by atoms with E-state index < -0.39 is 6.16 Å². The van der Waals surface area contributed by atoms with Crippen molar-refractivity contribution in [3.63, 3.8) is 0 Å². The molecule has 0 aliphatic carbocycles. The molecule has 0 amide bonds. The Labute approximate surface area is 46.3 Å². The normalized spacial score (nSPS) is 28.6. The Hall–Kier alpha value is -0.770. The maximum absolute atomic E-state index is 10.1. The van der Waals surface area contributed by atoms with Gasteiger partial charge in [-0.15, -0.1) is 0 Å². The zero-order chi connectivity index (χ0) is 5.98. The third-order valence-corrected chi connectivity index (χ3v) is 0.727. The molecule has 1 fully saturated rings. The summed E-state index contributed by atoms with van der Waals surface area (Å²) in [6, 6.07) is 0. The van der Waals surface area contributed by atoms with E-state index in [0.717, 1.165) is 0 Å². The van der Waals surface area contributed by atoms with Gasteiger partial charge < -0.3 is 4.74 Å². The average molecular weight is 118 g/mol. The van der Waals surface area contributed by atoms with Crippen molar-refractivity contribution in [2.24, 2.45) is 0 Å². The summed E-state index contributed by atoms with van der Waals surface area (Å²) in [6.07, 6.45) is -0.944. The molecule has 1 aliphatic rings. The van der Waals surface area contributed by atoms with E-state index in [1.54, 1.807) is 6.92 Å². The summed E-state index contributed by atoms with van der Waals surface area (Å²) < 4.78 is 4.50. The van der Waals surface area contributed by atoms with Gasteiger partial charge in [-0.3, -0.25) is 4.89 Å². The highest BCUT2D eigenvalue weighted by molar-refractivity contribution is 5.59. The Bertz CT molecular complexity index is 100. The highest BCUT2D eigenvalue weighted by Gasteiger charge is 2.17. The standard InChI is InChI=1S/C4H6O4/c1-3-2-6-8-4(5)7-3/h3H,2H2,1H3. The van der Waals surface area contributed by atoms with E-state index in [0.29, 0.717) is 6.61 Å². The molecule has 0 N–H and O–H groups in total. The van der Waals surface area contributed by atoms with Crippen LogP contribution in [0.2, 0.25) is 0 Å². The van der Waals surface area contributed by atoms with Crippen LogP contribution in [-0.4, -0.2) is 18.9 Å². The van der Waals surface area contributed by atoms with E-state index in [9.17, 15) is 4.79 Å². The fraction of sp³-hybridized carbons (Fsp3) is 0.750. The first-order valence-electron chi connectivity index (χ1n) is 2.29. The lowest BCUT2D eigenvalue weighted by atomic mass is 10.4. The number of carbonyl (C=O) groups is 1. The maximum Gasteiger partial charge on any atom is 0.540 e. The lowest BCUT2D eigenvalue weighted by Gasteiger charge is -2.15. The monoisotopic (exact) mass is 118 g/mol. The SMILES string of the molecule is CC1COOC(=O)O1. The van der Waals surface area contributed by atoms with Crippen LogP contribution in [0, 0.1) is 0 Å². The lowest BCUT2D eigenvalue weighted by Crippen LogP contribution is -2.27. The largest absolute Gasteiger partial charge is 0.540 e. The van der Waals surface area contributed by atoms with Gasteiger partial charge in [-0.25, -0.2) is 4.79 Å². The number of rotatable bonds is 0. The molecule has 46 valence electrons. The van der Waals surface area contributed by atoms with Crippen LogP contribution in [0.15, 0.2) is 0 Å². The highest BCUT2D eigenvalue weighted by Crippen LogP contribution is 2.01. The van der Waals surface area contributed by atoms with Crippen molar-refractivity contribution in [3.05, 3.63) is 0 Å².